The van der Waals surface area contributed by atoms with Crippen LogP contribution in [0, 0.1) is 0 Å². The van der Waals surface area contributed by atoms with Gasteiger partial charge in [-0.3, -0.25) is 9.89 Å². The number of nitrogens with zero attached hydrogens (tertiary/aromatic N) is 4. The average Bonchev–Trinajstić information content (AvgIpc) is 3.43. The summed E-state index contributed by atoms with van der Waals surface area (Å²) in [6.07, 6.45) is 3.21. The highest BCUT2D eigenvalue weighted by molar-refractivity contribution is 5.93. The van der Waals surface area contributed by atoms with E-state index in [-0.39, 0.29) is 18.8 Å². The molecule has 1 atom stereocenters. The summed E-state index contributed by atoms with van der Waals surface area (Å²) in [5, 5.41) is 14.9. The number of benzene rings is 1. The van der Waals surface area contributed by atoms with Gasteiger partial charge in [0, 0.05) is 24.4 Å². The van der Waals surface area contributed by atoms with Crippen LogP contribution in [0.5, 0.6) is 17.4 Å². The SMILES string of the molecule is O=C(c1cc(-c2ccc3c(c2)OCO3)n[nH]1)N1CCCC(Oc2cccnn2)C1. The summed E-state index contributed by atoms with van der Waals surface area (Å²) in [6.45, 7) is 1.39. The Balaban J connectivity index is 1.28. The first-order chi connectivity index (χ1) is 14.3. The van der Waals surface area contributed by atoms with Crippen LogP contribution < -0.4 is 14.2 Å². The first-order valence-electron chi connectivity index (χ1n) is 9.45. The molecule has 9 nitrogen and oxygen atoms in total. The lowest BCUT2D eigenvalue weighted by Gasteiger charge is -2.32. The summed E-state index contributed by atoms with van der Waals surface area (Å²) in [5.74, 6) is 1.76. The van der Waals surface area contributed by atoms with Crippen molar-refractivity contribution in [3.05, 3.63) is 48.3 Å². The van der Waals surface area contributed by atoms with Crippen molar-refractivity contribution in [1.29, 1.82) is 0 Å². The van der Waals surface area contributed by atoms with Gasteiger partial charge in [0.15, 0.2) is 11.5 Å². The molecule has 0 bridgehead atoms. The van der Waals surface area contributed by atoms with E-state index in [2.05, 4.69) is 20.4 Å². The molecule has 0 spiro atoms. The Morgan fingerprint density at radius 3 is 3.03 bits per heavy atom. The number of fused-ring (bicyclic) bond motifs is 1. The van der Waals surface area contributed by atoms with Gasteiger partial charge in [0.1, 0.15) is 11.8 Å². The minimum Gasteiger partial charge on any atom is -0.471 e. The van der Waals surface area contributed by atoms with Crippen molar-refractivity contribution in [2.75, 3.05) is 19.9 Å². The van der Waals surface area contributed by atoms with Gasteiger partial charge in [-0.1, -0.05) is 0 Å². The van der Waals surface area contributed by atoms with Crippen LogP contribution in [0.1, 0.15) is 23.3 Å². The number of nitrogens with one attached hydrogen (secondary N) is 1. The number of aromatic amines is 1. The molecule has 4 heterocycles. The van der Waals surface area contributed by atoms with Gasteiger partial charge >= 0.3 is 0 Å². The summed E-state index contributed by atoms with van der Waals surface area (Å²) in [5.41, 5.74) is 1.97. The Morgan fingerprint density at radius 1 is 1.21 bits per heavy atom. The number of H-pyrrole nitrogens is 1. The molecular formula is C20H19N5O4. The largest absolute Gasteiger partial charge is 0.471 e. The lowest BCUT2D eigenvalue weighted by molar-refractivity contribution is 0.0520. The molecule has 2 aliphatic rings. The summed E-state index contributed by atoms with van der Waals surface area (Å²) in [7, 11) is 0. The number of ether oxygens (including phenoxy) is 3. The third kappa shape index (κ3) is 3.58. The predicted molar refractivity (Wildman–Crippen MR) is 102 cm³/mol. The molecule has 5 rings (SSSR count). The van der Waals surface area contributed by atoms with Gasteiger partial charge in [-0.2, -0.15) is 10.2 Å². The predicted octanol–water partition coefficient (Wildman–Crippen LogP) is 2.28. The fourth-order valence-corrected chi connectivity index (χ4v) is 3.55. The van der Waals surface area contributed by atoms with Crippen molar-refractivity contribution in [3.8, 4) is 28.6 Å². The van der Waals surface area contributed by atoms with Gasteiger partial charge in [-0.05, 0) is 43.2 Å². The maximum Gasteiger partial charge on any atom is 0.272 e. The molecule has 9 heteroatoms. The minimum atomic E-state index is -0.111. The van der Waals surface area contributed by atoms with E-state index < -0.39 is 0 Å². The Morgan fingerprint density at radius 2 is 2.14 bits per heavy atom. The van der Waals surface area contributed by atoms with E-state index in [0.29, 0.717) is 41.9 Å². The molecule has 0 saturated carbocycles. The monoisotopic (exact) mass is 393 g/mol. The highest BCUT2D eigenvalue weighted by atomic mass is 16.7. The van der Waals surface area contributed by atoms with Crippen molar-refractivity contribution in [2.45, 2.75) is 18.9 Å². The summed E-state index contributed by atoms with van der Waals surface area (Å²) in [6, 6.07) is 10.9. The van der Waals surface area contributed by atoms with Crippen LogP contribution in [0.15, 0.2) is 42.6 Å². The van der Waals surface area contributed by atoms with E-state index in [1.165, 1.54) is 0 Å². The lowest BCUT2D eigenvalue weighted by atomic mass is 10.1. The van der Waals surface area contributed by atoms with E-state index >= 15 is 0 Å². The third-order valence-electron chi connectivity index (χ3n) is 4.98. The molecule has 3 aromatic rings. The van der Waals surface area contributed by atoms with Crippen molar-refractivity contribution in [3.63, 3.8) is 0 Å². The van der Waals surface area contributed by atoms with Crippen LogP contribution in [0.25, 0.3) is 11.3 Å². The summed E-state index contributed by atoms with van der Waals surface area (Å²) in [4.78, 5) is 14.7. The van der Waals surface area contributed by atoms with E-state index in [0.717, 1.165) is 18.4 Å². The number of carbonyl (C=O) groups is 1. The van der Waals surface area contributed by atoms with Crippen LogP contribution >= 0.6 is 0 Å². The Kier molecular flexibility index (Phi) is 4.47. The quantitative estimate of drug-likeness (QED) is 0.725. The van der Waals surface area contributed by atoms with Gasteiger partial charge in [0.25, 0.3) is 5.91 Å². The fourth-order valence-electron chi connectivity index (χ4n) is 3.55. The van der Waals surface area contributed by atoms with Crippen LogP contribution in [0.3, 0.4) is 0 Å². The molecule has 1 amide bonds. The second kappa shape index (κ2) is 7.42. The zero-order valence-electron chi connectivity index (χ0n) is 15.6. The van der Waals surface area contributed by atoms with Crippen LogP contribution in [-0.4, -0.2) is 57.2 Å². The van der Waals surface area contributed by atoms with Crippen LogP contribution in [-0.2, 0) is 0 Å². The first kappa shape index (κ1) is 17.5. The van der Waals surface area contributed by atoms with Crippen LogP contribution in [0.4, 0.5) is 0 Å². The number of hydrogen-bond donors (Lipinski definition) is 1. The molecule has 2 aromatic heterocycles. The van der Waals surface area contributed by atoms with Crippen molar-refractivity contribution in [1.82, 2.24) is 25.3 Å². The number of carbonyl (C=O) groups excluding carboxylic acids is 1. The average molecular weight is 393 g/mol. The molecular weight excluding hydrogens is 374 g/mol. The lowest BCUT2D eigenvalue weighted by Crippen LogP contribution is -2.44. The number of rotatable bonds is 4. The first-order valence-corrected chi connectivity index (χ1v) is 9.45. The third-order valence-corrected chi connectivity index (χ3v) is 4.98. The maximum atomic E-state index is 13.0. The zero-order chi connectivity index (χ0) is 19.6. The second-order valence-corrected chi connectivity index (χ2v) is 6.93. The minimum absolute atomic E-state index is 0.100. The molecule has 1 aromatic carbocycles. The number of piperidine rings is 1. The van der Waals surface area contributed by atoms with E-state index in [1.807, 2.05) is 18.2 Å². The van der Waals surface area contributed by atoms with Crippen molar-refractivity contribution >= 4 is 5.91 Å². The van der Waals surface area contributed by atoms with Crippen molar-refractivity contribution in [2.24, 2.45) is 0 Å². The number of amides is 1. The Bertz CT molecular complexity index is 1020. The standard InChI is InChI=1S/C20H19N5O4/c26-20(25-8-2-3-14(11-25)29-19-4-1-7-21-24-19)16-10-15(22-23-16)13-5-6-17-18(9-13)28-12-27-17/h1,4-7,9-10,14H,2-3,8,11-12H2,(H,22,23). The number of hydrogen-bond acceptors (Lipinski definition) is 7. The summed E-state index contributed by atoms with van der Waals surface area (Å²) >= 11 is 0. The number of likely N-dealkylation sites (tertiary alicyclic amines) is 1. The van der Waals surface area contributed by atoms with Crippen molar-refractivity contribution < 1.29 is 19.0 Å². The van der Waals surface area contributed by atoms with E-state index in [4.69, 9.17) is 14.2 Å². The molecule has 1 unspecified atom stereocenters. The zero-order valence-corrected chi connectivity index (χ0v) is 15.6. The topological polar surface area (TPSA) is 102 Å². The molecule has 2 aliphatic heterocycles. The van der Waals surface area contributed by atoms with E-state index in [9.17, 15) is 4.79 Å². The molecule has 0 aliphatic carbocycles. The molecule has 1 saturated heterocycles. The number of aromatic nitrogens is 4. The highest BCUT2D eigenvalue weighted by Crippen LogP contribution is 2.35. The van der Waals surface area contributed by atoms with Gasteiger partial charge in [-0.25, -0.2) is 0 Å². The molecule has 1 fully saturated rings. The fraction of sp³-hybridized carbons (Fsp3) is 0.300. The van der Waals surface area contributed by atoms with E-state index in [1.54, 1.807) is 29.3 Å². The smallest absolute Gasteiger partial charge is 0.272 e. The molecule has 0 radical (unpaired) electrons. The second-order valence-electron chi connectivity index (χ2n) is 6.93. The molecule has 1 N–H and O–H groups in total. The Labute approximate surface area is 166 Å². The normalized spacial score (nSPS) is 17.9. The van der Waals surface area contributed by atoms with Gasteiger partial charge in [0.05, 0.1) is 12.2 Å². The molecule has 29 heavy (non-hydrogen) atoms. The summed E-state index contributed by atoms with van der Waals surface area (Å²) < 4.78 is 16.6. The van der Waals surface area contributed by atoms with Gasteiger partial charge < -0.3 is 19.1 Å². The Hall–Kier alpha value is -3.62. The van der Waals surface area contributed by atoms with Gasteiger partial charge in [0.2, 0.25) is 12.7 Å². The molecule has 148 valence electrons. The highest BCUT2D eigenvalue weighted by Gasteiger charge is 2.27. The van der Waals surface area contributed by atoms with Gasteiger partial charge in [-0.15, -0.1) is 5.10 Å². The van der Waals surface area contributed by atoms with Crippen LogP contribution in [0.2, 0.25) is 0 Å². The maximum absolute atomic E-state index is 13.0.